The number of aliphatic hydroxyl groups excluding tert-OH is 1. The molecule has 2 aromatic carbocycles. The molecule has 0 radical (unpaired) electrons. The Morgan fingerprint density at radius 2 is 1.53 bits per heavy atom. The maximum absolute atomic E-state index is 13.5. The van der Waals surface area contributed by atoms with Crippen molar-refractivity contribution in [1.29, 1.82) is 0 Å². The van der Waals surface area contributed by atoms with Gasteiger partial charge in [-0.15, -0.1) is 0 Å². The first kappa shape index (κ1) is 14.2. The SMILES string of the molecule is OC(c1ccc(Cl)cc1Cl)c1c(F)cc(F)cc1F. The highest BCUT2D eigenvalue weighted by Crippen LogP contribution is 2.33. The van der Waals surface area contributed by atoms with Crippen LogP contribution >= 0.6 is 23.2 Å². The van der Waals surface area contributed by atoms with Crippen molar-refractivity contribution < 1.29 is 18.3 Å². The zero-order chi connectivity index (χ0) is 14.2. The lowest BCUT2D eigenvalue weighted by Crippen LogP contribution is -2.07. The molecule has 0 aliphatic carbocycles. The molecule has 100 valence electrons. The van der Waals surface area contributed by atoms with Gasteiger partial charge in [-0.2, -0.15) is 0 Å². The zero-order valence-corrected chi connectivity index (χ0v) is 10.8. The molecule has 0 aliphatic rings. The van der Waals surface area contributed by atoms with E-state index >= 15 is 0 Å². The molecular formula is C13H7Cl2F3O. The molecule has 1 atom stereocenters. The second-order valence-corrected chi connectivity index (χ2v) is 4.70. The van der Waals surface area contributed by atoms with Crippen LogP contribution in [0.1, 0.15) is 17.2 Å². The molecule has 0 saturated carbocycles. The van der Waals surface area contributed by atoms with Crippen LogP contribution in [0.15, 0.2) is 30.3 Å². The fraction of sp³-hybridized carbons (Fsp3) is 0.0769. The number of rotatable bonds is 2. The number of benzene rings is 2. The normalized spacial score (nSPS) is 12.5. The summed E-state index contributed by atoms with van der Waals surface area (Å²) in [6.07, 6.45) is -1.65. The molecule has 2 rings (SSSR count). The van der Waals surface area contributed by atoms with Gasteiger partial charge in [0.15, 0.2) is 0 Å². The van der Waals surface area contributed by atoms with E-state index in [9.17, 15) is 18.3 Å². The maximum Gasteiger partial charge on any atom is 0.135 e. The quantitative estimate of drug-likeness (QED) is 0.866. The van der Waals surface area contributed by atoms with E-state index < -0.39 is 29.1 Å². The van der Waals surface area contributed by atoms with E-state index in [1.165, 1.54) is 18.2 Å². The first-order chi connectivity index (χ1) is 8.90. The number of aliphatic hydroxyl groups is 1. The number of hydrogen-bond donors (Lipinski definition) is 1. The van der Waals surface area contributed by atoms with Gasteiger partial charge in [0, 0.05) is 27.7 Å². The van der Waals surface area contributed by atoms with Gasteiger partial charge in [0.25, 0.3) is 0 Å². The Kier molecular flexibility index (Phi) is 4.04. The molecule has 0 heterocycles. The summed E-state index contributed by atoms with van der Waals surface area (Å²) in [5, 5.41) is 10.4. The summed E-state index contributed by atoms with van der Waals surface area (Å²) >= 11 is 11.5. The van der Waals surface area contributed by atoms with Gasteiger partial charge < -0.3 is 5.11 Å². The summed E-state index contributed by atoms with van der Waals surface area (Å²) in [6.45, 7) is 0. The van der Waals surface area contributed by atoms with Crippen LogP contribution in [-0.4, -0.2) is 5.11 Å². The van der Waals surface area contributed by atoms with Crippen LogP contribution in [0.3, 0.4) is 0 Å². The van der Waals surface area contributed by atoms with Gasteiger partial charge in [-0.25, -0.2) is 13.2 Å². The van der Waals surface area contributed by atoms with Gasteiger partial charge >= 0.3 is 0 Å². The largest absolute Gasteiger partial charge is 0.383 e. The molecule has 1 unspecified atom stereocenters. The third-order valence-corrected chi connectivity index (χ3v) is 3.14. The van der Waals surface area contributed by atoms with Gasteiger partial charge in [-0.05, 0) is 12.1 Å². The maximum atomic E-state index is 13.5. The molecule has 0 amide bonds. The van der Waals surface area contributed by atoms with Crippen molar-refractivity contribution >= 4 is 23.2 Å². The van der Waals surface area contributed by atoms with Crippen LogP contribution < -0.4 is 0 Å². The molecule has 0 bridgehead atoms. The zero-order valence-electron chi connectivity index (χ0n) is 9.30. The van der Waals surface area contributed by atoms with E-state index in [2.05, 4.69) is 0 Å². The van der Waals surface area contributed by atoms with Crippen molar-refractivity contribution in [2.45, 2.75) is 6.10 Å². The average Bonchev–Trinajstić information content (AvgIpc) is 2.26. The van der Waals surface area contributed by atoms with Gasteiger partial charge in [-0.3, -0.25) is 0 Å². The minimum absolute atomic E-state index is 0.0584. The van der Waals surface area contributed by atoms with E-state index in [0.29, 0.717) is 17.2 Å². The van der Waals surface area contributed by atoms with Crippen molar-refractivity contribution in [3.8, 4) is 0 Å². The average molecular weight is 307 g/mol. The van der Waals surface area contributed by atoms with Crippen molar-refractivity contribution in [3.05, 3.63) is 69.0 Å². The van der Waals surface area contributed by atoms with Crippen LogP contribution in [0.25, 0.3) is 0 Å². The lowest BCUT2D eigenvalue weighted by molar-refractivity contribution is 0.208. The van der Waals surface area contributed by atoms with E-state index in [1.54, 1.807) is 0 Å². The van der Waals surface area contributed by atoms with Gasteiger partial charge in [0.2, 0.25) is 0 Å². The molecule has 0 fully saturated rings. The highest BCUT2D eigenvalue weighted by atomic mass is 35.5. The Morgan fingerprint density at radius 1 is 0.947 bits per heavy atom. The van der Waals surface area contributed by atoms with Gasteiger partial charge in [0.05, 0.1) is 5.56 Å². The highest BCUT2D eigenvalue weighted by molar-refractivity contribution is 6.35. The van der Waals surface area contributed by atoms with Crippen LogP contribution in [0, 0.1) is 17.5 Å². The lowest BCUT2D eigenvalue weighted by atomic mass is 10.0. The minimum atomic E-state index is -1.65. The van der Waals surface area contributed by atoms with Crippen LogP contribution in [-0.2, 0) is 0 Å². The van der Waals surface area contributed by atoms with E-state index in [0.717, 1.165) is 0 Å². The van der Waals surface area contributed by atoms with Gasteiger partial charge in [-0.1, -0.05) is 29.3 Å². The first-order valence-corrected chi connectivity index (χ1v) is 5.93. The van der Waals surface area contributed by atoms with Crippen molar-refractivity contribution in [1.82, 2.24) is 0 Å². The molecule has 0 aromatic heterocycles. The molecule has 19 heavy (non-hydrogen) atoms. The fourth-order valence-corrected chi connectivity index (χ4v) is 2.21. The number of hydrogen-bond acceptors (Lipinski definition) is 1. The Balaban J connectivity index is 2.53. The van der Waals surface area contributed by atoms with Crippen molar-refractivity contribution in [2.75, 3.05) is 0 Å². The van der Waals surface area contributed by atoms with E-state index in [-0.39, 0.29) is 10.6 Å². The predicted molar refractivity (Wildman–Crippen MR) is 66.8 cm³/mol. The van der Waals surface area contributed by atoms with E-state index in [1.807, 2.05) is 0 Å². The van der Waals surface area contributed by atoms with E-state index in [4.69, 9.17) is 23.2 Å². The third-order valence-electron chi connectivity index (χ3n) is 2.57. The summed E-state index contributed by atoms with van der Waals surface area (Å²) in [5.74, 6) is -3.43. The molecule has 0 saturated heterocycles. The Bertz CT molecular complexity index is 608. The molecule has 1 nitrogen and oxygen atoms in total. The Morgan fingerprint density at radius 3 is 2.05 bits per heavy atom. The molecule has 1 N–H and O–H groups in total. The predicted octanol–water partition coefficient (Wildman–Crippen LogP) is 4.49. The summed E-state index contributed by atoms with van der Waals surface area (Å²) in [7, 11) is 0. The second-order valence-electron chi connectivity index (χ2n) is 3.85. The standard InChI is InChI=1S/C13H7Cl2F3O/c14-6-1-2-8(9(15)3-6)13(19)12-10(17)4-7(16)5-11(12)18/h1-5,13,19H. The topological polar surface area (TPSA) is 20.2 Å². The monoisotopic (exact) mass is 306 g/mol. The third kappa shape index (κ3) is 2.86. The first-order valence-electron chi connectivity index (χ1n) is 5.17. The summed E-state index contributed by atoms with van der Waals surface area (Å²) in [4.78, 5) is 0. The number of halogens is 5. The van der Waals surface area contributed by atoms with Gasteiger partial charge in [0.1, 0.15) is 23.6 Å². The highest BCUT2D eigenvalue weighted by Gasteiger charge is 2.22. The Hall–Kier alpha value is -1.23. The summed E-state index contributed by atoms with van der Waals surface area (Å²) < 4.78 is 39.9. The minimum Gasteiger partial charge on any atom is -0.383 e. The second kappa shape index (κ2) is 5.41. The lowest BCUT2D eigenvalue weighted by Gasteiger charge is -2.15. The molecule has 6 heteroatoms. The smallest absolute Gasteiger partial charge is 0.135 e. The molecular weight excluding hydrogens is 300 g/mol. The molecule has 0 spiro atoms. The molecule has 0 aliphatic heterocycles. The fourth-order valence-electron chi connectivity index (χ4n) is 1.69. The Labute approximate surface area is 117 Å². The van der Waals surface area contributed by atoms with Crippen LogP contribution in [0.2, 0.25) is 10.0 Å². The van der Waals surface area contributed by atoms with Crippen molar-refractivity contribution in [3.63, 3.8) is 0 Å². The van der Waals surface area contributed by atoms with Crippen LogP contribution in [0.5, 0.6) is 0 Å². The van der Waals surface area contributed by atoms with Crippen LogP contribution in [0.4, 0.5) is 13.2 Å². The summed E-state index contributed by atoms with van der Waals surface area (Å²) in [5.41, 5.74) is -0.582. The van der Waals surface area contributed by atoms with Crippen molar-refractivity contribution in [2.24, 2.45) is 0 Å². The summed E-state index contributed by atoms with van der Waals surface area (Å²) in [6, 6.07) is 5.08. The molecule has 2 aromatic rings.